The topological polar surface area (TPSA) is 63.6 Å². The van der Waals surface area contributed by atoms with Gasteiger partial charge in [0.25, 0.3) is 0 Å². The third-order valence-corrected chi connectivity index (χ3v) is 3.46. The second-order valence-corrected chi connectivity index (χ2v) is 5.62. The summed E-state index contributed by atoms with van der Waals surface area (Å²) in [6.07, 6.45) is 1.60. The molecular weight excluding hydrogens is 247 g/mol. The number of sulfone groups is 1. The Morgan fingerprint density at radius 3 is 2.53 bits per heavy atom. The highest BCUT2D eigenvalue weighted by Crippen LogP contribution is 2.29. The lowest BCUT2D eigenvalue weighted by atomic mass is 10.1. The fourth-order valence-electron chi connectivity index (χ4n) is 1.55. The number of ether oxygens (including phenoxy) is 1. The zero-order valence-electron chi connectivity index (χ0n) is 9.73. The van der Waals surface area contributed by atoms with Crippen LogP contribution in [0.5, 0.6) is 5.75 Å². The molecule has 0 heterocycles. The van der Waals surface area contributed by atoms with Crippen molar-refractivity contribution >= 4 is 9.84 Å². The second-order valence-electron chi connectivity index (χ2n) is 3.67. The quantitative estimate of drug-likeness (QED) is 0.865. The summed E-state index contributed by atoms with van der Waals surface area (Å²) >= 11 is 0. The predicted molar refractivity (Wildman–Crippen MR) is 61.5 cm³/mol. The van der Waals surface area contributed by atoms with Crippen molar-refractivity contribution in [2.45, 2.75) is 17.7 Å². The van der Waals surface area contributed by atoms with Gasteiger partial charge in [-0.3, -0.25) is 0 Å². The summed E-state index contributed by atoms with van der Waals surface area (Å²) in [7, 11) is -2.40. The molecule has 0 amide bonds. The van der Waals surface area contributed by atoms with Crippen molar-refractivity contribution in [3.63, 3.8) is 0 Å². The molecule has 0 saturated carbocycles. The number of hydrogen-bond acceptors (Lipinski definition) is 4. The SMILES string of the molecule is COc1ccc(CCCO)c(F)c1S(C)(=O)=O. The average molecular weight is 262 g/mol. The summed E-state index contributed by atoms with van der Waals surface area (Å²) < 4.78 is 41.8. The van der Waals surface area contributed by atoms with Crippen LogP contribution in [0.3, 0.4) is 0 Å². The molecule has 0 spiro atoms. The Hall–Kier alpha value is -1.14. The number of rotatable bonds is 5. The smallest absolute Gasteiger partial charge is 0.182 e. The van der Waals surface area contributed by atoms with Gasteiger partial charge in [0, 0.05) is 12.9 Å². The Morgan fingerprint density at radius 2 is 2.06 bits per heavy atom. The van der Waals surface area contributed by atoms with Gasteiger partial charge in [-0.1, -0.05) is 6.07 Å². The summed E-state index contributed by atoms with van der Waals surface area (Å²) in [5, 5.41) is 8.68. The summed E-state index contributed by atoms with van der Waals surface area (Å²) in [6.45, 7) is -0.0698. The summed E-state index contributed by atoms with van der Waals surface area (Å²) in [5.74, 6) is -0.793. The Morgan fingerprint density at radius 1 is 1.41 bits per heavy atom. The van der Waals surface area contributed by atoms with Gasteiger partial charge in [-0.15, -0.1) is 0 Å². The first-order chi connectivity index (χ1) is 7.91. The van der Waals surface area contributed by atoms with Crippen LogP contribution in [-0.2, 0) is 16.3 Å². The van der Waals surface area contributed by atoms with E-state index >= 15 is 0 Å². The molecule has 17 heavy (non-hydrogen) atoms. The highest BCUT2D eigenvalue weighted by Gasteiger charge is 2.22. The van der Waals surface area contributed by atoms with Crippen LogP contribution in [0.2, 0.25) is 0 Å². The van der Waals surface area contributed by atoms with E-state index in [4.69, 9.17) is 9.84 Å². The minimum Gasteiger partial charge on any atom is -0.495 e. The van der Waals surface area contributed by atoms with Gasteiger partial charge in [0.1, 0.15) is 16.5 Å². The Bertz CT molecular complexity index is 496. The van der Waals surface area contributed by atoms with E-state index in [0.717, 1.165) is 6.26 Å². The number of methoxy groups -OCH3 is 1. The summed E-state index contributed by atoms with van der Waals surface area (Å²) in [5.41, 5.74) is 0.264. The lowest BCUT2D eigenvalue weighted by Crippen LogP contribution is -2.07. The van der Waals surface area contributed by atoms with E-state index in [0.29, 0.717) is 6.42 Å². The molecule has 0 fully saturated rings. The van der Waals surface area contributed by atoms with Crippen LogP contribution in [0.25, 0.3) is 0 Å². The van der Waals surface area contributed by atoms with E-state index in [1.807, 2.05) is 0 Å². The maximum atomic E-state index is 14.0. The zero-order chi connectivity index (χ0) is 13.1. The molecule has 1 aromatic rings. The first-order valence-electron chi connectivity index (χ1n) is 5.08. The Kier molecular flexibility index (Phi) is 4.47. The third kappa shape index (κ3) is 3.17. The first kappa shape index (κ1) is 13.9. The van der Waals surface area contributed by atoms with E-state index in [1.165, 1.54) is 19.2 Å². The largest absolute Gasteiger partial charge is 0.495 e. The number of halogens is 1. The highest BCUT2D eigenvalue weighted by atomic mass is 32.2. The van der Waals surface area contributed by atoms with Crippen molar-refractivity contribution in [2.24, 2.45) is 0 Å². The highest BCUT2D eigenvalue weighted by molar-refractivity contribution is 7.90. The van der Waals surface area contributed by atoms with Gasteiger partial charge < -0.3 is 9.84 Å². The van der Waals surface area contributed by atoms with Gasteiger partial charge in [0.15, 0.2) is 9.84 Å². The van der Waals surface area contributed by atoms with Crippen molar-refractivity contribution in [3.05, 3.63) is 23.5 Å². The molecule has 4 nitrogen and oxygen atoms in total. The molecule has 1 N–H and O–H groups in total. The maximum Gasteiger partial charge on any atom is 0.182 e. The molecule has 0 saturated heterocycles. The Balaban J connectivity index is 3.33. The number of aliphatic hydroxyl groups excluding tert-OH is 1. The molecule has 1 aromatic carbocycles. The molecule has 0 aliphatic rings. The zero-order valence-corrected chi connectivity index (χ0v) is 10.6. The average Bonchev–Trinajstić information content (AvgIpc) is 2.25. The normalized spacial score (nSPS) is 11.5. The molecule has 1 rings (SSSR count). The molecule has 6 heteroatoms. The summed E-state index contributed by atoms with van der Waals surface area (Å²) in [4.78, 5) is -0.421. The molecule has 0 aromatic heterocycles. The molecule has 0 radical (unpaired) electrons. The maximum absolute atomic E-state index is 14.0. The van der Waals surface area contributed by atoms with Gasteiger partial charge in [-0.2, -0.15) is 0 Å². The van der Waals surface area contributed by atoms with E-state index in [1.54, 1.807) is 0 Å². The first-order valence-corrected chi connectivity index (χ1v) is 6.97. The van der Waals surface area contributed by atoms with Gasteiger partial charge in [-0.25, -0.2) is 12.8 Å². The van der Waals surface area contributed by atoms with Crippen molar-refractivity contribution in [1.29, 1.82) is 0 Å². The molecule has 0 unspecified atom stereocenters. The van der Waals surface area contributed by atoms with Crippen LogP contribution in [0.1, 0.15) is 12.0 Å². The number of benzene rings is 1. The van der Waals surface area contributed by atoms with Crippen LogP contribution >= 0.6 is 0 Å². The van der Waals surface area contributed by atoms with Crippen molar-refractivity contribution < 1.29 is 22.7 Å². The number of aliphatic hydroxyl groups is 1. The van der Waals surface area contributed by atoms with Crippen LogP contribution < -0.4 is 4.74 Å². The van der Waals surface area contributed by atoms with Gasteiger partial charge in [-0.05, 0) is 24.5 Å². The number of aryl methyl sites for hydroxylation is 1. The Labute approximate surface area is 100.0 Å². The minimum absolute atomic E-state index is 0.00208. The van der Waals surface area contributed by atoms with Gasteiger partial charge >= 0.3 is 0 Å². The lowest BCUT2D eigenvalue weighted by molar-refractivity contribution is 0.288. The van der Waals surface area contributed by atoms with Crippen molar-refractivity contribution in [1.82, 2.24) is 0 Å². The van der Waals surface area contributed by atoms with Crippen LogP contribution in [0, 0.1) is 5.82 Å². The molecule has 96 valence electrons. The van der Waals surface area contributed by atoms with Crippen LogP contribution in [-0.4, -0.2) is 33.5 Å². The fourth-order valence-corrected chi connectivity index (χ4v) is 2.52. The second kappa shape index (κ2) is 5.46. The van der Waals surface area contributed by atoms with Gasteiger partial charge in [0.05, 0.1) is 7.11 Å². The molecule has 0 atom stereocenters. The molecule has 0 bridgehead atoms. The fraction of sp³-hybridized carbons (Fsp3) is 0.455. The molecule has 0 aliphatic carbocycles. The van der Waals surface area contributed by atoms with Gasteiger partial charge in [0.2, 0.25) is 0 Å². The standard InChI is InChI=1S/C11H15FO4S/c1-16-9-6-5-8(4-3-7-13)10(12)11(9)17(2,14)15/h5-6,13H,3-4,7H2,1-2H3. The predicted octanol–water partition coefficient (Wildman–Crippen LogP) is 1.16. The van der Waals surface area contributed by atoms with E-state index in [9.17, 15) is 12.8 Å². The van der Waals surface area contributed by atoms with Crippen molar-refractivity contribution in [3.8, 4) is 5.75 Å². The monoisotopic (exact) mass is 262 g/mol. The van der Waals surface area contributed by atoms with E-state index < -0.39 is 20.5 Å². The molecule has 0 aliphatic heterocycles. The molecular formula is C11H15FO4S. The number of hydrogen-bond donors (Lipinski definition) is 1. The summed E-state index contributed by atoms with van der Waals surface area (Å²) in [6, 6.07) is 2.89. The minimum atomic E-state index is -3.69. The third-order valence-electron chi connectivity index (χ3n) is 2.34. The van der Waals surface area contributed by atoms with Crippen LogP contribution in [0.15, 0.2) is 17.0 Å². The van der Waals surface area contributed by atoms with E-state index in [-0.39, 0.29) is 24.3 Å². The van der Waals surface area contributed by atoms with Crippen molar-refractivity contribution in [2.75, 3.05) is 20.0 Å². The lowest BCUT2D eigenvalue weighted by Gasteiger charge is -2.11. The van der Waals surface area contributed by atoms with Crippen LogP contribution in [0.4, 0.5) is 4.39 Å². The van der Waals surface area contributed by atoms with E-state index in [2.05, 4.69) is 0 Å².